The number of aliphatic hydroxyl groups is 1. The first-order chi connectivity index (χ1) is 8.08. The van der Waals surface area contributed by atoms with Crippen molar-refractivity contribution in [1.29, 1.82) is 0 Å². The van der Waals surface area contributed by atoms with E-state index in [-0.39, 0.29) is 24.9 Å². The first kappa shape index (κ1) is 13.7. The standard InChI is InChI=1S/C13H19NO3/c1-10-4-6-11(7-5-10)12(9-15)8-13(16)14(2)17-3/h4-7,12,15H,8-9H2,1-3H3. The number of rotatable bonds is 5. The Morgan fingerprint density at radius 3 is 2.47 bits per heavy atom. The van der Waals surface area contributed by atoms with Crippen LogP contribution in [-0.4, -0.2) is 36.8 Å². The highest BCUT2D eigenvalue weighted by atomic mass is 16.7. The minimum Gasteiger partial charge on any atom is -0.396 e. The molecule has 1 amide bonds. The van der Waals surface area contributed by atoms with Crippen molar-refractivity contribution in [2.24, 2.45) is 0 Å². The summed E-state index contributed by atoms with van der Waals surface area (Å²) < 4.78 is 0. The second-order valence-corrected chi connectivity index (χ2v) is 4.07. The maximum Gasteiger partial charge on any atom is 0.246 e. The third-order valence-electron chi connectivity index (χ3n) is 2.82. The number of hydrogen-bond acceptors (Lipinski definition) is 3. The number of aryl methyl sites for hydroxylation is 1. The van der Waals surface area contributed by atoms with Gasteiger partial charge in [-0.2, -0.15) is 0 Å². The maximum atomic E-state index is 11.7. The summed E-state index contributed by atoms with van der Waals surface area (Å²) in [5.41, 5.74) is 2.13. The van der Waals surface area contributed by atoms with Crippen LogP contribution in [0.15, 0.2) is 24.3 Å². The zero-order chi connectivity index (χ0) is 12.8. The number of carbonyl (C=O) groups excluding carboxylic acids is 1. The van der Waals surface area contributed by atoms with Crippen molar-refractivity contribution in [3.8, 4) is 0 Å². The van der Waals surface area contributed by atoms with E-state index in [0.29, 0.717) is 0 Å². The summed E-state index contributed by atoms with van der Waals surface area (Å²) in [6.07, 6.45) is 0.240. The van der Waals surface area contributed by atoms with E-state index < -0.39 is 0 Å². The average Bonchev–Trinajstić information content (AvgIpc) is 2.35. The molecule has 0 fully saturated rings. The molecule has 1 atom stereocenters. The summed E-state index contributed by atoms with van der Waals surface area (Å²) in [6.45, 7) is 1.95. The molecule has 0 aliphatic carbocycles. The number of aliphatic hydroxyl groups excluding tert-OH is 1. The van der Waals surface area contributed by atoms with Gasteiger partial charge in [-0.15, -0.1) is 0 Å². The predicted molar refractivity (Wildman–Crippen MR) is 65.4 cm³/mol. The largest absolute Gasteiger partial charge is 0.396 e. The summed E-state index contributed by atoms with van der Waals surface area (Å²) in [7, 11) is 3.00. The molecule has 0 spiro atoms. The Morgan fingerprint density at radius 2 is 2.00 bits per heavy atom. The van der Waals surface area contributed by atoms with Crippen LogP contribution in [0.4, 0.5) is 0 Å². The third-order valence-corrected chi connectivity index (χ3v) is 2.82. The van der Waals surface area contributed by atoms with Gasteiger partial charge in [-0.25, -0.2) is 5.06 Å². The molecule has 0 saturated heterocycles. The Hall–Kier alpha value is -1.39. The second kappa shape index (κ2) is 6.37. The zero-order valence-electron chi connectivity index (χ0n) is 10.5. The van der Waals surface area contributed by atoms with Gasteiger partial charge in [0, 0.05) is 19.4 Å². The smallest absolute Gasteiger partial charge is 0.246 e. The molecule has 0 aliphatic heterocycles. The van der Waals surface area contributed by atoms with Gasteiger partial charge in [-0.3, -0.25) is 9.63 Å². The van der Waals surface area contributed by atoms with E-state index in [9.17, 15) is 9.90 Å². The van der Waals surface area contributed by atoms with Gasteiger partial charge in [0.15, 0.2) is 0 Å². The summed E-state index contributed by atoms with van der Waals surface area (Å²) in [6, 6.07) is 7.83. The van der Waals surface area contributed by atoms with Gasteiger partial charge >= 0.3 is 0 Å². The number of benzene rings is 1. The van der Waals surface area contributed by atoms with E-state index in [0.717, 1.165) is 11.1 Å². The van der Waals surface area contributed by atoms with Crippen LogP contribution >= 0.6 is 0 Å². The number of nitrogens with zero attached hydrogens (tertiary/aromatic N) is 1. The highest BCUT2D eigenvalue weighted by Crippen LogP contribution is 2.20. The van der Waals surface area contributed by atoms with Gasteiger partial charge in [0.2, 0.25) is 5.91 Å². The molecule has 0 aromatic heterocycles. The summed E-state index contributed by atoms with van der Waals surface area (Å²) in [5.74, 6) is -0.326. The summed E-state index contributed by atoms with van der Waals surface area (Å²) in [4.78, 5) is 16.5. The van der Waals surface area contributed by atoms with Crippen LogP contribution in [0.25, 0.3) is 0 Å². The van der Waals surface area contributed by atoms with Crippen molar-refractivity contribution in [3.63, 3.8) is 0 Å². The number of hydrogen-bond donors (Lipinski definition) is 1. The van der Waals surface area contributed by atoms with Crippen LogP contribution in [0.5, 0.6) is 0 Å². The van der Waals surface area contributed by atoms with Gasteiger partial charge in [-0.1, -0.05) is 29.8 Å². The molecule has 17 heavy (non-hydrogen) atoms. The van der Waals surface area contributed by atoms with Crippen molar-refractivity contribution in [2.75, 3.05) is 20.8 Å². The van der Waals surface area contributed by atoms with Crippen LogP contribution in [-0.2, 0) is 9.63 Å². The predicted octanol–water partition coefficient (Wildman–Crippen LogP) is 1.48. The molecule has 0 radical (unpaired) electrons. The molecule has 1 N–H and O–H groups in total. The lowest BCUT2D eigenvalue weighted by molar-refractivity contribution is -0.169. The highest BCUT2D eigenvalue weighted by Gasteiger charge is 2.17. The molecule has 94 valence electrons. The molecular weight excluding hydrogens is 218 g/mol. The molecule has 0 aliphatic rings. The van der Waals surface area contributed by atoms with Gasteiger partial charge in [0.05, 0.1) is 13.7 Å². The van der Waals surface area contributed by atoms with Crippen LogP contribution in [0.3, 0.4) is 0 Å². The first-order valence-corrected chi connectivity index (χ1v) is 5.56. The lowest BCUT2D eigenvalue weighted by Gasteiger charge is -2.18. The van der Waals surface area contributed by atoms with Crippen molar-refractivity contribution in [1.82, 2.24) is 5.06 Å². The second-order valence-electron chi connectivity index (χ2n) is 4.07. The SMILES string of the molecule is CON(C)C(=O)CC(CO)c1ccc(C)cc1. The lowest BCUT2D eigenvalue weighted by Crippen LogP contribution is -2.27. The Bertz CT molecular complexity index is 361. The number of amides is 1. The number of carbonyl (C=O) groups is 1. The van der Waals surface area contributed by atoms with Crippen molar-refractivity contribution >= 4 is 5.91 Å². The van der Waals surface area contributed by atoms with Crippen LogP contribution < -0.4 is 0 Å². The van der Waals surface area contributed by atoms with E-state index in [2.05, 4.69) is 0 Å². The summed E-state index contributed by atoms with van der Waals surface area (Å²) >= 11 is 0. The molecule has 1 unspecified atom stereocenters. The number of hydroxylamine groups is 2. The van der Waals surface area contributed by atoms with Gasteiger partial charge in [0.25, 0.3) is 0 Å². The van der Waals surface area contributed by atoms with E-state index >= 15 is 0 Å². The van der Waals surface area contributed by atoms with Crippen molar-refractivity contribution in [2.45, 2.75) is 19.3 Å². The molecular formula is C13H19NO3. The minimum atomic E-state index is -0.180. The van der Waals surface area contributed by atoms with E-state index in [1.807, 2.05) is 31.2 Å². The molecule has 0 heterocycles. The average molecular weight is 237 g/mol. The zero-order valence-corrected chi connectivity index (χ0v) is 10.5. The molecule has 1 rings (SSSR count). The fourth-order valence-corrected chi connectivity index (χ4v) is 1.57. The van der Waals surface area contributed by atoms with E-state index in [1.54, 1.807) is 7.05 Å². The fourth-order valence-electron chi connectivity index (χ4n) is 1.57. The lowest BCUT2D eigenvalue weighted by atomic mass is 9.95. The van der Waals surface area contributed by atoms with Gasteiger partial charge in [-0.05, 0) is 12.5 Å². The fraction of sp³-hybridized carbons (Fsp3) is 0.462. The molecule has 0 bridgehead atoms. The third kappa shape index (κ3) is 3.84. The maximum absolute atomic E-state index is 11.7. The van der Waals surface area contributed by atoms with Crippen molar-refractivity contribution < 1.29 is 14.7 Å². The van der Waals surface area contributed by atoms with Crippen LogP contribution in [0.1, 0.15) is 23.5 Å². The highest BCUT2D eigenvalue weighted by molar-refractivity contribution is 5.75. The van der Waals surface area contributed by atoms with Crippen LogP contribution in [0.2, 0.25) is 0 Å². The first-order valence-electron chi connectivity index (χ1n) is 5.56. The molecule has 4 heteroatoms. The normalized spacial score (nSPS) is 12.2. The Kier molecular flexibility index (Phi) is 5.12. The Balaban J connectivity index is 2.72. The van der Waals surface area contributed by atoms with E-state index in [4.69, 9.17) is 4.84 Å². The monoisotopic (exact) mass is 237 g/mol. The van der Waals surface area contributed by atoms with Crippen LogP contribution in [0, 0.1) is 6.92 Å². The topological polar surface area (TPSA) is 49.8 Å². The van der Waals surface area contributed by atoms with Gasteiger partial charge < -0.3 is 5.11 Å². The van der Waals surface area contributed by atoms with E-state index in [1.165, 1.54) is 12.2 Å². The summed E-state index contributed by atoms with van der Waals surface area (Å²) in [5, 5.41) is 10.5. The molecule has 4 nitrogen and oxygen atoms in total. The Morgan fingerprint density at radius 1 is 1.41 bits per heavy atom. The van der Waals surface area contributed by atoms with Gasteiger partial charge in [0.1, 0.15) is 0 Å². The molecule has 1 aromatic rings. The molecule has 0 saturated carbocycles. The minimum absolute atomic E-state index is 0.0493. The van der Waals surface area contributed by atoms with Crippen molar-refractivity contribution in [3.05, 3.63) is 35.4 Å². The quantitative estimate of drug-likeness (QED) is 0.789. The molecule has 1 aromatic carbocycles. The Labute approximate surface area is 102 Å².